The number of amides is 2. The second-order valence-corrected chi connectivity index (χ2v) is 11.0. The van der Waals surface area contributed by atoms with E-state index in [0.29, 0.717) is 16.9 Å². The Morgan fingerprint density at radius 3 is 2.45 bits per heavy atom. The fourth-order valence-electron chi connectivity index (χ4n) is 6.43. The summed E-state index contributed by atoms with van der Waals surface area (Å²) < 4.78 is 5.46. The summed E-state index contributed by atoms with van der Waals surface area (Å²) in [5, 5.41) is 22.0. The average molecular weight is 605 g/mol. The van der Waals surface area contributed by atoms with Crippen LogP contribution < -0.4 is 9.64 Å². The lowest BCUT2D eigenvalue weighted by molar-refractivity contribution is -0.384. The van der Waals surface area contributed by atoms with Crippen molar-refractivity contribution in [3.63, 3.8) is 0 Å². The molecule has 202 valence electrons. The number of carbonyl (C=O) groups is 4. The lowest BCUT2D eigenvalue weighted by atomic mass is 9.59. The second-order valence-electron chi connectivity index (χ2n) is 10.1. The van der Waals surface area contributed by atoms with Gasteiger partial charge in [0.15, 0.2) is 11.6 Å². The van der Waals surface area contributed by atoms with Gasteiger partial charge in [0, 0.05) is 40.8 Å². The molecule has 1 saturated heterocycles. The number of hydrogen-bond acceptors (Lipinski definition) is 8. The summed E-state index contributed by atoms with van der Waals surface area (Å²) in [5.41, 5.74) is 1.57. The fourth-order valence-corrected chi connectivity index (χ4v) is 6.88. The minimum atomic E-state index is -0.825. The Kier molecular flexibility index (Phi) is 6.06. The number of hydrogen-bond donors (Lipinski definition) is 1. The number of phenolic OH excluding ortho intramolecular Hbond substituents is 1. The van der Waals surface area contributed by atoms with Gasteiger partial charge in [-0.25, -0.2) is 0 Å². The van der Waals surface area contributed by atoms with E-state index in [0.717, 1.165) is 4.90 Å². The quantitative estimate of drug-likeness (QED) is 0.179. The minimum Gasteiger partial charge on any atom is -0.508 e. The van der Waals surface area contributed by atoms with Crippen LogP contribution >= 0.6 is 15.9 Å². The van der Waals surface area contributed by atoms with Crippen LogP contribution in [0.15, 0.2) is 75.8 Å². The number of halogens is 1. The molecule has 2 aromatic rings. The number of benzene rings is 2. The highest BCUT2D eigenvalue weighted by Gasteiger charge is 2.57. The van der Waals surface area contributed by atoms with E-state index in [2.05, 4.69) is 15.9 Å². The van der Waals surface area contributed by atoms with E-state index in [9.17, 15) is 34.4 Å². The van der Waals surface area contributed by atoms with Gasteiger partial charge in [-0.3, -0.25) is 34.2 Å². The molecule has 2 amide bonds. The van der Waals surface area contributed by atoms with Crippen molar-refractivity contribution in [2.75, 3.05) is 12.0 Å². The zero-order chi connectivity index (χ0) is 28.5. The molecular weight excluding hydrogens is 584 g/mol. The zero-order valence-corrected chi connectivity index (χ0v) is 22.6. The van der Waals surface area contributed by atoms with Crippen molar-refractivity contribution in [2.45, 2.75) is 18.8 Å². The van der Waals surface area contributed by atoms with Crippen molar-refractivity contribution in [1.29, 1.82) is 0 Å². The van der Waals surface area contributed by atoms with Gasteiger partial charge in [-0.1, -0.05) is 11.6 Å². The number of ketones is 2. The number of nitro benzene ring substituents is 1. The first kappa shape index (κ1) is 25.9. The number of imide groups is 1. The second kappa shape index (κ2) is 9.37. The topological polar surface area (TPSA) is 144 Å². The number of methoxy groups -OCH3 is 1. The van der Waals surface area contributed by atoms with E-state index in [1.807, 2.05) is 6.08 Å². The highest BCUT2D eigenvalue weighted by atomic mass is 79.9. The molecule has 0 aromatic heterocycles. The van der Waals surface area contributed by atoms with Gasteiger partial charge in [0.2, 0.25) is 11.8 Å². The zero-order valence-electron chi connectivity index (χ0n) is 21.0. The summed E-state index contributed by atoms with van der Waals surface area (Å²) in [7, 11) is 1.47. The van der Waals surface area contributed by atoms with Gasteiger partial charge in [-0.05, 0) is 65.0 Å². The van der Waals surface area contributed by atoms with E-state index in [-0.39, 0.29) is 57.2 Å². The van der Waals surface area contributed by atoms with Crippen LogP contribution in [0, 0.1) is 27.9 Å². The third kappa shape index (κ3) is 3.75. The molecule has 3 aliphatic carbocycles. The largest absolute Gasteiger partial charge is 0.508 e. The molecule has 4 atom stereocenters. The first-order valence-electron chi connectivity index (χ1n) is 12.5. The van der Waals surface area contributed by atoms with Crippen molar-refractivity contribution in [3.05, 3.63) is 91.5 Å². The molecule has 0 saturated carbocycles. The molecular formula is C29H21BrN2O8. The van der Waals surface area contributed by atoms with E-state index in [1.165, 1.54) is 43.5 Å². The Morgan fingerprint density at radius 1 is 1.05 bits per heavy atom. The molecule has 2 aromatic carbocycles. The smallest absolute Gasteiger partial charge is 0.269 e. The third-order valence-electron chi connectivity index (χ3n) is 8.20. The van der Waals surface area contributed by atoms with Gasteiger partial charge in [-0.2, -0.15) is 0 Å². The number of nitrogens with zero attached hydrogens (tertiary/aromatic N) is 2. The maximum absolute atomic E-state index is 13.9. The molecule has 10 nitrogen and oxygen atoms in total. The number of rotatable bonds is 4. The van der Waals surface area contributed by atoms with Crippen LogP contribution in [0.25, 0.3) is 0 Å². The lowest BCUT2D eigenvalue weighted by Crippen LogP contribution is -2.39. The van der Waals surface area contributed by atoms with Crippen molar-refractivity contribution < 1.29 is 33.9 Å². The molecule has 6 rings (SSSR count). The standard InChI is InChI=1S/C29H21BrN2O8/c1-40-15-6-9-22(33)19(10-15)24-16-7-8-17-25(18(16)11-20-26(24)23(34)12-21(30)27(20)35)29(37)31(28(17)36)13-2-4-14(5-3-13)32(38)39/h2-7,9-10,12,17-18,24-25,33H,8,11H2,1H3/t17-,18+,24+,25-/m0/s1. The molecule has 1 N–H and O–H groups in total. The van der Waals surface area contributed by atoms with Crippen LogP contribution in [-0.4, -0.2) is 40.5 Å². The van der Waals surface area contributed by atoms with Crippen molar-refractivity contribution in [1.82, 2.24) is 0 Å². The first-order chi connectivity index (χ1) is 19.1. The summed E-state index contributed by atoms with van der Waals surface area (Å²) in [5.74, 6) is -4.26. The Morgan fingerprint density at radius 2 is 1.77 bits per heavy atom. The van der Waals surface area contributed by atoms with Gasteiger partial charge < -0.3 is 9.84 Å². The minimum absolute atomic E-state index is 0.0736. The normalized spacial score (nSPS) is 25.7. The molecule has 0 bridgehead atoms. The van der Waals surface area contributed by atoms with E-state index < -0.39 is 40.4 Å². The number of carbonyl (C=O) groups excluding carboxylic acids is 4. The van der Waals surface area contributed by atoms with Gasteiger partial charge in [-0.15, -0.1) is 0 Å². The number of allylic oxidation sites excluding steroid dienone is 6. The van der Waals surface area contributed by atoms with Gasteiger partial charge in [0.1, 0.15) is 11.5 Å². The molecule has 0 spiro atoms. The van der Waals surface area contributed by atoms with Crippen molar-refractivity contribution >= 4 is 50.7 Å². The summed E-state index contributed by atoms with van der Waals surface area (Å²) in [4.78, 5) is 65.6. The van der Waals surface area contributed by atoms with Crippen molar-refractivity contribution in [2.24, 2.45) is 17.8 Å². The van der Waals surface area contributed by atoms with Gasteiger partial charge >= 0.3 is 0 Å². The Hall–Kier alpha value is -4.38. The van der Waals surface area contributed by atoms with E-state index in [4.69, 9.17) is 4.74 Å². The molecule has 0 radical (unpaired) electrons. The molecule has 1 heterocycles. The number of nitro groups is 1. The van der Waals surface area contributed by atoms with Gasteiger partial charge in [0.25, 0.3) is 5.69 Å². The molecule has 0 unspecified atom stereocenters. The maximum atomic E-state index is 13.9. The van der Waals surface area contributed by atoms with Crippen molar-refractivity contribution in [3.8, 4) is 11.5 Å². The summed E-state index contributed by atoms with van der Waals surface area (Å²) in [6.07, 6.45) is 3.35. The highest BCUT2D eigenvalue weighted by Crippen LogP contribution is 2.56. The Balaban J connectivity index is 1.47. The van der Waals surface area contributed by atoms with Crippen LogP contribution in [0.3, 0.4) is 0 Å². The average Bonchev–Trinajstić information content (AvgIpc) is 3.20. The van der Waals surface area contributed by atoms with E-state index >= 15 is 0 Å². The lowest BCUT2D eigenvalue weighted by Gasteiger charge is -2.42. The third-order valence-corrected chi connectivity index (χ3v) is 8.78. The SMILES string of the molecule is COc1ccc(O)c([C@H]2C3=CC[C@@H]4C(=O)N(c5ccc([N+](=O)[O-])cc5)C(=O)[C@@H]4[C@@H]3CC3=C2C(=O)C=C(Br)C3=O)c1. The first-order valence-corrected chi connectivity index (χ1v) is 13.3. The predicted molar refractivity (Wildman–Crippen MR) is 145 cm³/mol. The molecule has 1 fully saturated rings. The molecule has 40 heavy (non-hydrogen) atoms. The molecule has 1 aliphatic heterocycles. The molecule has 4 aliphatic rings. The number of aromatic hydroxyl groups is 1. The summed E-state index contributed by atoms with van der Waals surface area (Å²) in [6, 6.07) is 9.83. The van der Waals surface area contributed by atoms with E-state index in [1.54, 1.807) is 12.1 Å². The van der Waals surface area contributed by atoms with Crippen LogP contribution in [0.1, 0.15) is 24.3 Å². The van der Waals surface area contributed by atoms with Crippen LogP contribution in [0.2, 0.25) is 0 Å². The monoisotopic (exact) mass is 604 g/mol. The Bertz CT molecular complexity index is 1640. The van der Waals surface area contributed by atoms with Crippen LogP contribution in [0.4, 0.5) is 11.4 Å². The summed E-state index contributed by atoms with van der Waals surface area (Å²) in [6.45, 7) is 0. The number of fused-ring (bicyclic) bond motifs is 3. The van der Waals surface area contributed by atoms with Crippen LogP contribution in [0.5, 0.6) is 11.5 Å². The molecule has 11 heteroatoms. The number of anilines is 1. The number of Topliss-reactive ketones (excluding diaryl/α,β-unsaturated/α-hetero) is 1. The van der Waals surface area contributed by atoms with Gasteiger partial charge in [0.05, 0.1) is 34.0 Å². The number of non-ortho nitro benzene ring substituents is 1. The maximum Gasteiger partial charge on any atom is 0.269 e. The Labute approximate surface area is 235 Å². The summed E-state index contributed by atoms with van der Waals surface area (Å²) >= 11 is 3.19. The predicted octanol–water partition coefficient (Wildman–Crippen LogP) is 4.28. The fraction of sp³-hybridized carbons (Fsp3) is 0.241. The highest BCUT2D eigenvalue weighted by molar-refractivity contribution is 9.12. The van der Waals surface area contributed by atoms with Crippen LogP contribution in [-0.2, 0) is 19.2 Å². The number of ether oxygens (including phenoxy) is 1. The number of phenols is 1.